The topological polar surface area (TPSA) is 88.9 Å². The monoisotopic (exact) mass is 352 g/mol. The second-order valence-electron chi connectivity index (χ2n) is 6.25. The molecule has 3 heterocycles. The van der Waals surface area contributed by atoms with Gasteiger partial charge < -0.3 is 14.2 Å². The van der Waals surface area contributed by atoms with Crippen LogP contribution >= 0.6 is 0 Å². The molecule has 2 aromatic heterocycles. The summed E-state index contributed by atoms with van der Waals surface area (Å²) in [5.74, 6) is 2.56. The van der Waals surface area contributed by atoms with Gasteiger partial charge in [0.25, 0.3) is 5.91 Å². The van der Waals surface area contributed by atoms with Crippen LogP contribution in [-0.4, -0.2) is 56.0 Å². The van der Waals surface area contributed by atoms with Gasteiger partial charge >= 0.3 is 0 Å². The van der Waals surface area contributed by atoms with Crippen molar-refractivity contribution in [3.05, 3.63) is 47.7 Å². The van der Waals surface area contributed by atoms with Crippen molar-refractivity contribution >= 4 is 5.91 Å². The van der Waals surface area contributed by atoms with E-state index in [0.717, 1.165) is 28.7 Å². The lowest BCUT2D eigenvalue weighted by Crippen LogP contribution is -2.34. The number of benzene rings is 1. The first-order chi connectivity index (χ1) is 12.7. The summed E-state index contributed by atoms with van der Waals surface area (Å²) in [6.07, 6.45) is 0.700. The molecule has 0 radical (unpaired) electrons. The summed E-state index contributed by atoms with van der Waals surface area (Å²) in [5, 5.41) is 15.4. The number of nitrogens with zero attached hydrogens (tertiary/aromatic N) is 5. The number of hydrogen-bond acceptors (Lipinski definition) is 5. The van der Waals surface area contributed by atoms with Crippen molar-refractivity contribution in [3.63, 3.8) is 0 Å². The molecule has 1 amide bonds. The number of ether oxygens (including phenoxy) is 1. The van der Waals surface area contributed by atoms with Crippen molar-refractivity contribution in [3.8, 4) is 17.0 Å². The highest BCUT2D eigenvalue weighted by Gasteiger charge is 2.23. The Bertz CT molecular complexity index is 928. The van der Waals surface area contributed by atoms with E-state index >= 15 is 0 Å². The average molecular weight is 352 g/mol. The molecule has 1 N–H and O–H groups in total. The lowest BCUT2D eigenvalue weighted by molar-refractivity contribution is 0.0753. The van der Waals surface area contributed by atoms with E-state index in [1.807, 2.05) is 36.1 Å². The molecule has 0 aliphatic carbocycles. The molecule has 0 spiro atoms. The van der Waals surface area contributed by atoms with Gasteiger partial charge in [0.15, 0.2) is 0 Å². The van der Waals surface area contributed by atoms with Gasteiger partial charge in [-0.15, -0.1) is 10.2 Å². The number of hydrogen-bond donors (Lipinski definition) is 1. The Hall–Kier alpha value is -3.16. The van der Waals surface area contributed by atoms with Crippen LogP contribution in [0.15, 0.2) is 30.3 Å². The van der Waals surface area contributed by atoms with E-state index in [-0.39, 0.29) is 5.91 Å². The number of carbonyl (C=O) groups is 1. The van der Waals surface area contributed by atoms with E-state index < -0.39 is 0 Å². The molecule has 0 bridgehead atoms. The van der Waals surface area contributed by atoms with Gasteiger partial charge in [-0.1, -0.05) is 0 Å². The smallest absolute Gasteiger partial charge is 0.271 e. The molecule has 8 heteroatoms. The molecular weight excluding hydrogens is 332 g/mol. The van der Waals surface area contributed by atoms with Crippen molar-refractivity contribution in [2.24, 2.45) is 0 Å². The summed E-state index contributed by atoms with van der Waals surface area (Å²) in [5.41, 5.74) is 2.16. The quantitative estimate of drug-likeness (QED) is 0.775. The number of aromatic amines is 1. The summed E-state index contributed by atoms with van der Waals surface area (Å²) in [7, 11) is 1.63. The normalized spacial score (nSPS) is 14.0. The third-order valence-corrected chi connectivity index (χ3v) is 4.69. The highest BCUT2D eigenvalue weighted by Crippen LogP contribution is 2.22. The van der Waals surface area contributed by atoms with Gasteiger partial charge in [-0.05, 0) is 37.3 Å². The highest BCUT2D eigenvalue weighted by atomic mass is 16.5. The van der Waals surface area contributed by atoms with E-state index in [2.05, 4.69) is 25.0 Å². The standard InChI is InChI=1S/C18H20N6O2/c1-12-19-22-17-7-8-23(9-10-24(12)17)18(25)16-11-15(20-21-16)13-3-5-14(26-2)6-4-13/h3-6,11H,7-10H2,1-2H3,(H,20,21). The predicted molar refractivity (Wildman–Crippen MR) is 94.9 cm³/mol. The molecule has 0 saturated carbocycles. The Kier molecular flexibility index (Phi) is 4.16. The summed E-state index contributed by atoms with van der Waals surface area (Å²) >= 11 is 0. The van der Waals surface area contributed by atoms with Crippen molar-refractivity contribution in [1.29, 1.82) is 0 Å². The second kappa shape index (κ2) is 6.62. The average Bonchev–Trinajstić information content (AvgIpc) is 3.23. The predicted octanol–water partition coefficient (Wildman–Crippen LogP) is 1.68. The summed E-state index contributed by atoms with van der Waals surface area (Å²) in [4.78, 5) is 14.7. The Labute approximate surface area is 150 Å². The van der Waals surface area contributed by atoms with Gasteiger partial charge in [-0.3, -0.25) is 9.89 Å². The molecule has 0 saturated heterocycles. The molecule has 1 aliphatic rings. The van der Waals surface area contributed by atoms with Gasteiger partial charge in [0.1, 0.15) is 23.1 Å². The van der Waals surface area contributed by atoms with E-state index in [9.17, 15) is 4.79 Å². The molecule has 0 atom stereocenters. The van der Waals surface area contributed by atoms with Crippen LogP contribution in [0.5, 0.6) is 5.75 Å². The third-order valence-electron chi connectivity index (χ3n) is 4.69. The molecule has 4 rings (SSSR count). The van der Waals surface area contributed by atoms with E-state index in [4.69, 9.17) is 4.74 Å². The Morgan fingerprint density at radius 3 is 2.73 bits per heavy atom. The van der Waals surface area contributed by atoms with Gasteiger partial charge in [0.05, 0.1) is 12.8 Å². The van der Waals surface area contributed by atoms with Crippen LogP contribution in [-0.2, 0) is 13.0 Å². The third kappa shape index (κ3) is 2.94. The number of rotatable bonds is 3. The van der Waals surface area contributed by atoms with Gasteiger partial charge in [-0.25, -0.2) is 0 Å². The van der Waals surface area contributed by atoms with Crippen LogP contribution in [0.1, 0.15) is 22.1 Å². The van der Waals surface area contributed by atoms with Crippen LogP contribution in [0.2, 0.25) is 0 Å². The summed E-state index contributed by atoms with van der Waals surface area (Å²) in [6, 6.07) is 9.38. The van der Waals surface area contributed by atoms with Crippen LogP contribution in [0, 0.1) is 6.92 Å². The van der Waals surface area contributed by atoms with Crippen molar-refractivity contribution in [2.45, 2.75) is 19.9 Å². The highest BCUT2D eigenvalue weighted by molar-refractivity contribution is 5.93. The van der Waals surface area contributed by atoms with Crippen molar-refractivity contribution in [2.75, 3.05) is 20.2 Å². The molecule has 134 valence electrons. The number of aromatic nitrogens is 5. The fraction of sp³-hybridized carbons (Fsp3) is 0.333. The molecule has 8 nitrogen and oxygen atoms in total. The van der Waals surface area contributed by atoms with E-state index in [1.165, 1.54) is 0 Å². The lowest BCUT2D eigenvalue weighted by Gasteiger charge is -2.18. The molecule has 1 aromatic carbocycles. The Morgan fingerprint density at radius 1 is 1.15 bits per heavy atom. The van der Waals surface area contributed by atoms with E-state index in [0.29, 0.717) is 31.7 Å². The maximum Gasteiger partial charge on any atom is 0.271 e. The van der Waals surface area contributed by atoms with E-state index in [1.54, 1.807) is 13.2 Å². The zero-order valence-electron chi connectivity index (χ0n) is 14.8. The fourth-order valence-corrected chi connectivity index (χ4v) is 3.18. The van der Waals surface area contributed by atoms with Crippen LogP contribution < -0.4 is 4.74 Å². The number of methoxy groups -OCH3 is 1. The first-order valence-electron chi connectivity index (χ1n) is 8.53. The zero-order chi connectivity index (χ0) is 18.1. The summed E-state index contributed by atoms with van der Waals surface area (Å²) < 4.78 is 7.24. The SMILES string of the molecule is COc1ccc(-c2cc(C(=O)N3CCc4nnc(C)n4CC3)[nH]n2)cc1. The molecule has 26 heavy (non-hydrogen) atoms. The van der Waals surface area contributed by atoms with Gasteiger partial charge in [-0.2, -0.15) is 5.10 Å². The molecule has 3 aromatic rings. The zero-order valence-corrected chi connectivity index (χ0v) is 14.8. The molecular formula is C18H20N6O2. The van der Waals surface area contributed by atoms with Crippen LogP contribution in [0.4, 0.5) is 0 Å². The number of nitrogens with one attached hydrogen (secondary N) is 1. The lowest BCUT2D eigenvalue weighted by atomic mass is 10.1. The maximum absolute atomic E-state index is 12.8. The van der Waals surface area contributed by atoms with Gasteiger partial charge in [0, 0.05) is 31.6 Å². The van der Waals surface area contributed by atoms with Crippen molar-refractivity contribution in [1.82, 2.24) is 29.9 Å². The van der Waals surface area contributed by atoms with Crippen LogP contribution in [0.3, 0.4) is 0 Å². The van der Waals surface area contributed by atoms with Gasteiger partial charge in [0.2, 0.25) is 0 Å². The Morgan fingerprint density at radius 2 is 1.96 bits per heavy atom. The minimum atomic E-state index is -0.0476. The number of aryl methyl sites for hydroxylation is 1. The molecule has 0 unspecified atom stereocenters. The first-order valence-corrected chi connectivity index (χ1v) is 8.53. The first kappa shape index (κ1) is 16.3. The molecule has 1 aliphatic heterocycles. The number of amides is 1. The van der Waals surface area contributed by atoms with Crippen molar-refractivity contribution < 1.29 is 9.53 Å². The Balaban J connectivity index is 1.49. The molecule has 0 fully saturated rings. The maximum atomic E-state index is 12.8. The van der Waals surface area contributed by atoms with Crippen LogP contribution in [0.25, 0.3) is 11.3 Å². The largest absolute Gasteiger partial charge is 0.497 e. The minimum absolute atomic E-state index is 0.0476. The number of H-pyrrole nitrogens is 1. The minimum Gasteiger partial charge on any atom is -0.497 e. The fourth-order valence-electron chi connectivity index (χ4n) is 3.18. The number of fused-ring (bicyclic) bond motifs is 1. The number of carbonyl (C=O) groups excluding carboxylic acids is 1. The summed E-state index contributed by atoms with van der Waals surface area (Å²) in [6.45, 7) is 3.89. The second-order valence-corrected chi connectivity index (χ2v) is 6.25.